The van der Waals surface area contributed by atoms with Crippen LogP contribution in [0, 0.1) is 5.92 Å². The zero-order chi connectivity index (χ0) is 18.6. The number of rotatable bonds is 7. The Kier molecular flexibility index (Phi) is 6.02. The second-order valence-electron chi connectivity index (χ2n) is 5.61. The van der Waals surface area contributed by atoms with Crippen LogP contribution in [0.15, 0.2) is 16.3 Å². The number of aliphatic imine (C=N–C) groups is 1. The monoisotopic (exact) mass is 351 g/mol. The average Bonchev–Trinajstić information content (AvgIpc) is 2.62. The summed E-state index contributed by atoms with van der Waals surface area (Å²) in [4.78, 5) is 42.5. The van der Waals surface area contributed by atoms with E-state index in [0.29, 0.717) is 31.2 Å². The maximum atomic E-state index is 12.9. The molecule has 0 radical (unpaired) electrons. The number of carbonyl (C=O) groups excluding carboxylic acids is 3. The smallest absolute Gasteiger partial charge is 0.446 e. The lowest BCUT2D eigenvalue weighted by Gasteiger charge is -2.28. The van der Waals surface area contributed by atoms with Gasteiger partial charge in [-0.25, -0.2) is 4.79 Å². The van der Waals surface area contributed by atoms with Crippen molar-refractivity contribution in [1.82, 2.24) is 10.2 Å². The molecule has 2 aliphatic rings. The second kappa shape index (κ2) is 8.02. The first-order chi connectivity index (χ1) is 12.0. The zero-order valence-corrected chi connectivity index (χ0v) is 14.9. The minimum atomic E-state index is -0.820. The number of imide groups is 1. The van der Waals surface area contributed by atoms with E-state index in [4.69, 9.17) is 9.47 Å². The maximum Gasteiger partial charge on any atom is 0.446 e. The van der Waals surface area contributed by atoms with Gasteiger partial charge in [-0.15, -0.1) is 4.99 Å². The summed E-state index contributed by atoms with van der Waals surface area (Å²) in [5.74, 6) is -1.01. The topological polar surface area (TPSA) is 100 Å². The highest BCUT2D eigenvalue weighted by atomic mass is 16.5. The molecule has 0 fully saturated rings. The van der Waals surface area contributed by atoms with E-state index in [1.165, 1.54) is 25.8 Å². The van der Waals surface area contributed by atoms with E-state index < -0.39 is 23.8 Å². The highest BCUT2D eigenvalue weighted by Gasteiger charge is 2.50. The van der Waals surface area contributed by atoms with Crippen LogP contribution in [0.25, 0.3) is 0 Å². The summed E-state index contributed by atoms with van der Waals surface area (Å²) in [6.45, 7) is 2.21. The molecule has 0 aliphatic carbocycles. The predicted molar refractivity (Wildman–Crippen MR) is 89.5 cm³/mol. The molecule has 0 spiro atoms. The number of dihydropyridines is 1. The molecular formula is C16H23N4O5+. The van der Waals surface area contributed by atoms with Gasteiger partial charge in [-0.3, -0.25) is 9.59 Å². The Labute approximate surface area is 146 Å². The van der Waals surface area contributed by atoms with Crippen LogP contribution in [0.3, 0.4) is 0 Å². The number of allylic oxidation sites excluding steroid dienone is 1. The summed E-state index contributed by atoms with van der Waals surface area (Å²) in [5, 5.41) is 2.60. The van der Waals surface area contributed by atoms with Crippen LogP contribution in [0.1, 0.15) is 13.3 Å². The molecule has 4 amide bonds. The Morgan fingerprint density at radius 1 is 1.40 bits per heavy atom. The van der Waals surface area contributed by atoms with Gasteiger partial charge in [0, 0.05) is 19.2 Å². The summed E-state index contributed by atoms with van der Waals surface area (Å²) < 4.78 is 11.5. The number of carbonyl (C=O) groups is 3. The standard InChI is InChI=1S/C16H22N4O5/c1-5-10-8-18-14-12(13(10)25-4)15(22)20(16(23)19(14)2)9-11(21)17-6-7-24-3/h8,12H,5-7,9H2,1-4H3/p+1. The molecule has 1 N–H and O–H groups in total. The first-order valence-electron chi connectivity index (χ1n) is 7.98. The zero-order valence-electron chi connectivity index (χ0n) is 14.9. The minimum absolute atomic E-state index is 0.301. The fraction of sp³-hybridized carbons (Fsp3) is 0.562. The summed E-state index contributed by atoms with van der Waals surface area (Å²) in [6, 6.07) is -0.592. The Morgan fingerprint density at radius 3 is 2.72 bits per heavy atom. The van der Waals surface area contributed by atoms with Gasteiger partial charge in [0.25, 0.3) is 11.7 Å². The van der Waals surface area contributed by atoms with Crippen molar-refractivity contribution >= 4 is 29.9 Å². The lowest BCUT2D eigenvalue weighted by Crippen LogP contribution is -2.57. The van der Waals surface area contributed by atoms with E-state index >= 15 is 0 Å². The van der Waals surface area contributed by atoms with Gasteiger partial charge in [0.15, 0.2) is 12.5 Å². The number of fused-ring (bicyclic) bond motifs is 1. The van der Waals surface area contributed by atoms with Crippen LogP contribution in [0.4, 0.5) is 4.79 Å². The molecule has 0 aromatic heterocycles. The Bertz CT molecular complexity index is 680. The largest absolute Gasteiger partial charge is 0.499 e. The number of ether oxygens (including phenoxy) is 2. The molecule has 1 atom stereocenters. The van der Waals surface area contributed by atoms with Crippen LogP contribution < -0.4 is 5.32 Å². The molecule has 136 valence electrons. The summed E-state index contributed by atoms with van der Waals surface area (Å²) in [6.07, 6.45) is 2.24. The van der Waals surface area contributed by atoms with Crippen molar-refractivity contribution in [1.29, 1.82) is 0 Å². The highest BCUT2D eigenvalue weighted by molar-refractivity contribution is 6.16. The van der Waals surface area contributed by atoms with Gasteiger partial charge in [0.05, 0.1) is 20.8 Å². The number of nitrogens with zero attached hydrogens (tertiary/aromatic N) is 3. The van der Waals surface area contributed by atoms with Crippen molar-refractivity contribution < 1.29 is 28.4 Å². The maximum absolute atomic E-state index is 12.9. The van der Waals surface area contributed by atoms with Crippen molar-refractivity contribution in [2.45, 2.75) is 13.3 Å². The van der Waals surface area contributed by atoms with Gasteiger partial charge >= 0.3 is 11.9 Å². The number of nitrogens with one attached hydrogen (secondary N) is 1. The minimum Gasteiger partial charge on any atom is -0.499 e. The first kappa shape index (κ1) is 18.8. The number of amides is 4. The Balaban J connectivity index is 2.29. The summed E-state index contributed by atoms with van der Waals surface area (Å²) in [5.41, 5.74) is 0.789. The molecule has 2 heterocycles. The molecule has 2 rings (SSSR count). The van der Waals surface area contributed by atoms with Crippen molar-refractivity contribution in [3.63, 3.8) is 0 Å². The molecule has 0 aromatic carbocycles. The van der Waals surface area contributed by atoms with E-state index in [2.05, 4.69) is 10.3 Å². The lowest BCUT2D eigenvalue weighted by molar-refractivity contribution is -0.408. The van der Waals surface area contributed by atoms with Crippen LogP contribution in [0.2, 0.25) is 0 Å². The molecule has 0 aromatic rings. The van der Waals surface area contributed by atoms with Gasteiger partial charge in [-0.1, -0.05) is 6.92 Å². The van der Waals surface area contributed by atoms with Gasteiger partial charge < -0.3 is 14.8 Å². The fourth-order valence-electron chi connectivity index (χ4n) is 2.77. The number of amidine groups is 1. The van der Waals surface area contributed by atoms with Gasteiger partial charge in [-0.2, -0.15) is 9.48 Å². The highest BCUT2D eigenvalue weighted by Crippen LogP contribution is 2.28. The van der Waals surface area contributed by atoms with Crippen LogP contribution in [0.5, 0.6) is 0 Å². The number of hydrogen-bond acceptors (Lipinski definition) is 6. The van der Waals surface area contributed by atoms with Crippen molar-refractivity contribution in [2.24, 2.45) is 10.9 Å². The predicted octanol–water partition coefficient (Wildman–Crippen LogP) is -0.237. The summed E-state index contributed by atoms with van der Waals surface area (Å²) in [7, 11) is 4.52. The van der Waals surface area contributed by atoms with Crippen molar-refractivity contribution in [3.8, 4) is 0 Å². The lowest BCUT2D eigenvalue weighted by atomic mass is 9.94. The quantitative estimate of drug-likeness (QED) is 0.504. The third-order valence-corrected chi connectivity index (χ3v) is 4.09. The molecule has 9 nitrogen and oxygen atoms in total. The van der Waals surface area contributed by atoms with Crippen LogP contribution in [-0.2, 0) is 19.1 Å². The second-order valence-corrected chi connectivity index (χ2v) is 5.61. The molecule has 25 heavy (non-hydrogen) atoms. The van der Waals surface area contributed by atoms with Gasteiger partial charge in [-0.05, 0) is 6.42 Å². The van der Waals surface area contributed by atoms with E-state index in [0.717, 1.165) is 10.5 Å². The Morgan fingerprint density at radius 2 is 2.12 bits per heavy atom. The van der Waals surface area contributed by atoms with Gasteiger partial charge in [0.1, 0.15) is 12.0 Å². The molecule has 0 saturated carbocycles. The van der Waals surface area contributed by atoms with Crippen molar-refractivity contribution in [2.75, 3.05) is 41.0 Å². The van der Waals surface area contributed by atoms with Crippen LogP contribution in [-0.4, -0.2) is 80.3 Å². The molecular weight excluding hydrogens is 328 g/mol. The number of urea groups is 1. The number of methoxy groups -OCH3 is 2. The van der Waals surface area contributed by atoms with E-state index in [9.17, 15) is 14.4 Å². The Hall–Kier alpha value is -2.55. The van der Waals surface area contributed by atoms with Crippen LogP contribution >= 0.6 is 0 Å². The van der Waals surface area contributed by atoms with Gasteiger partial charge in [0.2, 0.25) is 0 Å². The average molecular weight is 351 g/mol. The van der Waals surface area contributed by atoms with Crippen molar-refractivity contribution in [3.05, 3.63) is 11.3 Å². The molecule has 9 heteroatoms. The SMILES string of the molecule is CCC1=C(OC)C2C(=O)N(CC(=O)NCCOC)C(=O)[N+](C)=C2N=C1. The third kappa shape index (κ3) is 3.60. The summed E-state index contributed by atoms with van der Waals surface area (Å²) >= 11 is 0. The third-order valence-electron chi connectivity index (χ3n) is 4.09. The van der Waals surface area contributed by atoms with E-state index in [1.54, 1.807) is 6.21 Å². The molecule has 0 bridgehead atoms. The van der Waals surface area contributed by atoms with E-state index in [-0.39, 0.29) is 6.54 Å². The van der Waals surface area contributed by atoms with E-state index in [1.807, 2.05) is 6.92 Å². The molecule has 2 aliphatic heterocycles. The molecule has 1 unspecified atom stereocenters. The fourth-order valence-corrected chi connectivity index (χ4v) is 2.77. The normalized spacial score (nSPS) is 20.2. The first-order valence-corrected chi connectivity index (χ1v) is 7.98. The number of hydrogen-bond donors (Lipinski definition) is 1. The molecule has 0 saturated heterocycles.